The molecule has 0 saturated carbocycles. The van der Waals surface area contributed by atoms with E-state index in [2.05, 4.69) is 15.6 Å². The van der Waals surface area contributed by atoms with E-state index < -0.39 is 12.6 Å². The van der Waals surface area contributed by atoms with E-state index >= 15 is 0 Å². The lowest BCUT2D eigenvalue weighted by atomic mass is 10.1. The molecule has 1 saturated heterocycles. The number of rotatable bonds is 3. The maximum atomic E-state index is 7.83. The Morgan fingerprint density at radius 1 is 1.65 bits per heavy atom. The molecule has 94 valence electrons. The molecule has 5 heteroatoms. The van der Waals surface area contributed by atoms with Gasteiger partial charge in [-0.3, -0.25) is 0 Å². The largest absolute Gasteiger partial charge is 0.373 e. The number of anilines is 1. The van der Waals surface area contributed by atoms with Crippen molar-refractivity contribution in [1.29, 1.82) is 0 Å². The summed E-state index contributed by atoms with van der Waals surface area (Å²) in [5.74, 6) is 0.706. The quantitative estimate of drug-likeness (QED) is 0.869. The van der Waals surface area contributed by atoms with Crippen molar-refractivity contribution in [3.05, 3.63) is 23.4 Å². The van der Waals surface area contributed by atoms with E-state index in [0.29, 0.717) is 17.4 Å². The van der Waals surface area contributed by atoms with E-state index in [-0.39, 0.29) is 12.1 Å². The number of nitrogens with zero attached hydrogens (tertiary/aromatic N) is 1. The van der Waals surface area contributed by atoms with Gasteiger partial charge in [0, 0.05) is 22.0 Å². The Labute approximate surface area is 110 Å². The molecule has 1 fully saturated rings. The smallest absolute Gasteiger partial charge is 0.126 e. The van der Waals surface area contributed by atoms with E-state index in [1.807, 2.05) is 6.92 Å². The van der Waals surface area contributed by atoms with E-state index in [1.165, 1.54) is 0 Å². The highest BCUT2D eigenvalue weighted by atomic mass is 35.5. The summed E-state index contributed by atoms with van der Waals surface area (Å²) in [6.07, 6.45) is 1.03. The Kier molecular flexibility index (Phi) is 3.37. The van der Waals surface area contributed by atoms with Crippen molar-refractivity contribution < 1.29 is 7.48 Å². The molecule has 0 unspecified atom stereocenters. The standard InChI is InChI=1S/C12H18ClN3O/c1-8-5-14-11(9(2)17-8)7-16-12-4-3-10(13)6-15-12/h3-4,6,8-9,11,14H,5,7H2,1-2H3,(H,15,16)/t8-,9+,11-/m1/s1/i5D2. The predicted molar refractivity (Wildman–Crippen MR) is 69.5 cm³/mol. The maximum Gasteiger partial charge on any atom is 0.126 e. The minimum atomic E-state index is -1.52. The van der Waals surface area contributed by atoms with Gasteiger partial charge in [0.1, 0.15) is 5.82 Å². The molecule has 0 radical (unpaired) electrons. The first-order valence-corrected chi connectivity index (χ1v) is 6.05. The van der Waals surface area contributed by atoms with Crippen molar-refractivity contribution in [3.63, 3.8) is 0 Å². The molecule has 0 spiro atoms. The molecule has 2 heterocycles. The van der Waals surface area contributed by atoms with Crippen molar-refractivity contribution in [2.75, 3.05) is 18.4 Å². The lowest BCUT2D eigenvalue weighted by Gasteiger charge is -2.34. The Bertz CT molecular complexity index is 429. The van der Waals surface area contributed by atoms with E-state index in [1.54, 1.807) is 25.3 Å². The molecule has 0 aromatic carbocycles. The summed E-state index contributed by atoms with van der Waals surface area (Å²) in [6, 6.07) is 3.42. The Morgan fingerprint density at radius 3 is 3.18 bits per heavy atom. The Hall–Kier alpha value is -0.840. The van der Waals surface area contributed by atoms with Crippen LogP contribution in [0.3, 0.4) is 0 Å². The molecule has 2 rings (SSSR count). The molecule has 1 aromatic rings. The minimum Gasteiger partial charge on any atom is -0.373 e. The summed E-state index contributed by atoms with van der Waals surface area (Å²) in [6.45, 7) is 2.67. The van der Waals surface area contributed by atoms with Crippen LogP contribution in [0.25, 0.3) is 0 Å². The summed E-state index contributed by atoms with van der Waals surface area (Å²) < 4.78 is 21.3. The van der Waals surface area contributed by atoms with Crippen molar-refractivity contribution in [1.82, 2.24) is 10.3 Å². The number of hydrogen-bond donors (Lipinski definition) is 2. The van der Waals surface area contributed by atoms with Crippen LogP contribution in [0.15, 0.2) is 18.3 Å². The van der Waals surface area contributed by atoms with Crippen molar-refractivity contribution in [2.45, 2.75) is 32.1 Å². The monoisotopic (exact) mass is 257 g/mol. The SMILES string of the molecule is [2H]C1([2H])N[C@H](CNc2ccc(Cl)cn2)[C@H](C)O[C@@H]1C. The fourth-order valence-corrected chi connectivity index (χ4v) is 1.82. The molecule has 0 amide bonds. The third kappa shape index (κ3) is 3.56. The van der Waals surface area contributed by atoms with Crippen LogP contribution in [0.4, 0.5) is 5.82 Å². The molecule has 0 bridgehead atoms. The molecule has 1 aromatic heterocycles. The van der Waals surface area contributed by atoms with Gasteiger partial charge in [-0.15, -0.1) is 0 Å². The molecule has 0 aliphatic carbocycles. The fourth-order valence-electron chi connectivity index (χ4n) is 1.70. The number of morpholine rings is 1. The Morgan fingerprint density at radius 2 is 2.47 bits per heavy atom. The van der Waals surface area contributed by atoms with Crippen molar-refractivity contribution >= 4 is 17.4 Å². The fraction of sp³-hybridized carbons (Fsp3) is 0.583. The molecular weight excluding hydrogens is 238 g/mol. The molecule has 3 atom stereocenters. The first-order chi connectivity index (χ1) is 8.88. The first-order valence-electron chi connectivity index (χ1n) is 6.67. The number of hydrogen-bond acceptors (Lipinski definition) is 4. The number of aromatic nitrogens is 1. The summed E-state index contributed by atoms with van der Waals surface area (Å²) in [5.41, 5.74) is 0. The summed E-state index contributed by atoms with van der Waals surface area (Å²) in [5, 5.41) is 6.70. The third-order valence-corrected chi connectivity index (χ3v) is 2.91. The van der Waals surface area contributed by atoms with Gasteiger partial charge in [0.2, 0.25) is 0 Å². The second kappa shape index (κ2) is 5.67. The van der Waals surface area contributed by atoms with Gasteiger partial charge in [0.05, 0.1) is 23.3 Å². The zero-order valence-electron chi connectivity index (χ0n) is 11.9. The normalized spacial score (nSPS) is 33.7. The lowest BCUT2D eigenvalue weighted by molar-refractivity contribution is -0.0406. The van der Waals surface area contributed by atoms with E-state index in [4.69, 9.17) is 19.1 Å². The predicted octanol–water partition coefficient (Wildman–Crippen LogP) is 1.91. The van der Waals surface area contributed by atoms with Crippen LogP contribution < -0.4 is 10.6 Å². The molecular formula is C12H18ClN3O. The van der Waals surface area contributed by atoms with Crippen LogP contribution in [0, 0.1) is 0 Å². The van der Waals surface area contributed by atoms with Gasteiger partial charge in [0.15, 0.2) is 0 Å². The van der Waals surface area contributed by atoms with Crippen molar-refractivity contribution in [2.24, 2.45) is 0 Å². The van der Waals surface area contributed by atoms with Gasteiger partial charge < -0.3 is 15.4 Å². The molecule has 2 N–H and O–H groups in total. The molecule has 17 heavy (non-hydrogen) atoms. The lowest BCUT2D eigenvalue weighted by Crippen LogP contribution is -2.53. The van der Waals surface area contributed by atoms with Crippen molar-refractivity contribution in [3.8, 4) is 0 Å². The molecule has 4 nitrogen and oxygen atoms in total. The summed E-state index contributed by atoms with van der Waals surface area (Å²) in [4.78, 5) is 4.13. The van der Waals surface area contributed by atoms with Crippen LogP contribution in [-0.4, -0.2) is 36.3 Å². The van der Waals surface area contributed by atoms with Crippen LogP contribution in [0.5, 0.6) is 0 Å². The summed E-state index contributed by atoms with van der Waals surface area (Å²) in [7, 11) is 0. The van der Waals surface area contributed by atoms with Crippen LogP contribution in [-0.2, 0) is 4.74 Å². The number of pyridine rings is 1. The highest BCUT2D eigenvalue weighted by Gasteiger charge is 2.24. The molecule has 1 aliphatic rings. The number of ether oxygens (including phenoxy) is 1. The van der Waals surface area contributed by atoms with E-state index in [0.717, 1.165) is 0 Å². The summed E-state index contributed by atoms with van der Waals surface area (Å²) >= 11 is 5.76. The van der Waals surface area contributed by atoms with Crippen LogP contribution in [0.1, 0.15) is 16.6 Å². The second-order valence-corrected chi connectivity index (χ2v) is 4.56. The van der Waals surface area contributed by atoms with Gasteiger partial charge in [-0.05, 0) is 26.0 Å². The average Bonchev–Trinajstić information content (AvgIpc) is 2.34. The topological polar surface area (TPSA) is 46.2 Å². The van der Waals surface area contributed by atoms with Gasteiger partial charge in [-0.1, -0.05) is 11.6 Å². The highest BCUT2D eigenvalue weighted by molar-refractivity contribution is 6.30. The zero-order chi connectivity index (χ0) is 14.0. The average molecular weight is 258 g/mol. The van der Waals surface area contributed by atoms with Crippen LogP contribution in [0.2, 0.25) is 5.02 Å². The van der Waals surface area contributed by atoms with Gasteiger partial charge >= 0.3 is 0 Å². The van der Waals surface area contributed by atoms with Crippen LogP contribution >= 0.6 is 11.6 Å². The van der Waals surface area contributed by atoms with Gasteiger partial charge in [-0.2, -0.15) is 0 Å². The number of nitrogens with one attached hydrogen (secondary N) is 2. The van der Waals surface area contributed by atoms with Gasteiger partial charge in [0.25, 0.3) is 0 Å². The Balaban J connectivity index is 1.93. The van der Waals surface area contributed by atoms with Gasteiger partial charge in [-0.25, -0.2) is 4.98 Å². The highest BCUT2D eigenvalue weighted by Crippen LogP contribution is 2.12. The third-order valence-electron chi connectivity index (χ3n) is 2.69. The molecule has 1 aliphatic heterocycles. The minimum absolute atomic E-state index is 0.0707. The van der Waals surface area contributed by atoms with E-state index in [9.17, 15) is 0 Å². The maximum absolute atomic E-state index is 7.83. The second-order valence-electron chi connectivity index (χ2n) is 4.12. The zero-order valence-corrected chi connectivity index (χ0v) is 10.7. The number of halogens is 1. The first kappa shape index (κ1) is 10.1.